The van der Waals surface area contributed by atoms with Crippen molar-refractivity contribution in [2.75, 3.05) is 0 Å². The smallest absolute Gasteiger partial charge is 0.202 e. The van der Waals surface area contributed by atoms with Crippen LogP contribution in [0.3, 0.4) is 0 Å². The van der Waals surface area contributed by atoms with Gasteiger partial charge < -0.3 is 0 Å². The van der Waals surface area contributed by atoms with Crippen LogP contribution >= 0.6 is 0 Å². The fourth-order valence-electron chi connectivity index (χ4n) is 5.88. The largest absolute Gasteiger partial charge is 0.254 e. The van der Waals surface area contributed by atoms with Gasteiger partial charge in [0.1, 0.15) is 23.8 Å². The van der Waals surface area contributed by atoms with Gasteiger partial charge in [-0.15, -0.1) is 0 Å². The molecule has 0 bridgehead atoms. The number of hydrogen-bond donors (Lipinski definition) is 0. The second kappa shape index (κ2) is 10.7. The maximum absolute atomic E-state index is 2.36. The molecule has 0 amide bonds. The number of benzene rings is 2. The van der Waals surface area contributed by atoms with Gasteiger partial charge >= 0.3 is 0 Å². The van der Waals surface area contributed by atoms with E-state index >= 15 is 0 Å². The molecule has 2 heteroatoms. The van der Waals surface area contributed by atoms with Crippen LogP contribution in [0.1, 0.15) is 152 Å². The van der Waals surface area contributed by atoms with Gasteiger partial charge in [0, 0.05) is 11.1 Å². The van der Waals surface area contributed by atoms with Crippen molar-refractivity contribution in [3.63, 3.8) is 0 Å². The quantitative estimate of drug-likeness (QED) is 0.288. The molecule has 0 saturated heterocycles. The number of hydrogen-bond acceptors (Lipinski definition) is 0. The Morgan fingerprint density at radius 2 is 0.971 bits per heavy atom. The molecule has 1 aromatic heterocycles. The van der Waals surface area contributed by atoms with Gasteiger partial charge in [-0.05, 0) is 69.9 Å². The lowest BCUT2D eigenvalue weighted by molar-refractivity contribution is -0.595. The molecule has 2 nitrogen and oxygen atoms in total. The maximum Gasteiger partial charge on any atom is 0.254 e. The van der Waals surface area contributed by atoms with Gasteiger partial charge in [-0.2, -0.15) is 0 Å². The van der Waals surface area contributed by atoms with Crippen molar-refractivity contribution in [1.29, 1.82) is 0 Å². The van der Waals surface area contributed by atoms with Crippen molar-refractivity contribution in [3.8, 4) is 11.4 Å². The summed E-state index contributed by atoms with van der Waals surface area (Å²) in [5.41, 5.74) is 11.6. The predicted octanol–water partition coefficient (Wildman–Crippen LogP) is 9.49. The van der Waals surface area contributed by atoms with Crippen molar-refractivity contribution in [1.82, 2.24) is 4.57 Å². The maximum atomic E-state index is 2.36. The first-order chi connectivity index (χ1) is 16.4. The molecule has 3 rings (SSSR count). The number of rotatable bonds is 8. The lowest BCUT2D eigenvalue weighted by Gasteiger charge is -2.24. The molecular formula is C33H49N2+. The van der Waals surface area contributed by atoms with E-state index < -0.39 is 0 Å². The summed E-state index contributed by atoms with van der Waals surface area (Å²) in [7, 11) is 0. The molecule has 0 fully saturated rings. The summed E-state index contributed by atoms with van der Waals surface area (Å²) >= 11 is 0. The van der Waals surface area contributed by atoms with Gasteiger partial charge in [-0.25, -0.2) is 9.13 Å². The van der Waals surface area contributed by atoms with Crippen LogP contribution in [0.5, 0.6) is 0 Å². The van der Waals surface area contributed by atoms with Gasteiger partial charge in [0.25, 0.3) is 6.33 Å². The third kappa shape index (κ3) is 5.27. The van der Waals surface area contributed by atoms with E-state index in [0.717, 1.165) is 0 Å². The normalized spacial score (nSPS) is 12.4. The Morgan fingerprint density at radius 3 is 1.43 bits per heavy atom. The molecule has 2 aromatic carbocycles. The van der Waals surface area contributed by atoms with E-state index in [1.165, 1.54) is 44.8 Å². The minimum Gasteiger partial charge on any atom is -0.202 e. The summed E-state index contributed by atoms with van der Waals surface area (Å²) in [5.74, 6) is 2.96. The third-order valence-corrected chi connectivity index (χ3v) is 7.34. The fourth-order valence-corrected chi connectivity index (χ4v) is 5.88. The highest BCUT2D eigenvalue weighted by molar-refractivity contribution is 5.54. The van der Waals surface area contributed by atoms with Crippen molar-refractivity contribution >= 4 is 0 Å². The first-order valence-electron chi connectivity index (χ1n) is 13.8. The van der Waals surface area contributed by atoms with Crippen LogP contribution < -0.4 is 4.57 Å². The second-order valence-electron chi connectivity index (χ2n) is 12.2. The summed E-state index contributed by atoms with van der Waals surface area (Å²) in [6.07, 6.45) is 6.74. The van der Waals surface area contributed by atoms with Gasteiger partial charge in [-0.1, -0.05) is 95.2 Å². The molecule has 0 N–H and O–H groups in total. The van der Waals surface area contributed by atoms with Gasteiger partial charge in [0.15, 0.2) is 0 Å². The van der Waals surface area contributed by atoms with Crippen molar-refractivity contribution < 1.29 is 4.57 Å². The van der Waals surface area contributed by atoms with Crippen molar-refractivity contribution in [2.45, 2.75) is 119 Å². The van der Waals surface area contributed by atoms with Crippen molar-refractivity contribution in [3.05, 3.63) is 76.4 Å². The van der Waals surface area contributed by atoms with Crippen LogP contribution in [-0.2, 0) is 0 Å². The zero-order valence-corrected chi connectivity index (χ0v) is 24.4. The van der Waals surface area contributed by atoms with Gasteiger partial charge in [0.2, 0.25) is 0 Å². The van der Waals surface area contributed by atoms with E-state index in [-0.39, 0.29) is 0 Å². The zero-order chi connectivity index (χ0) is 26.2. The Bertz CT molecular complexity index is 1070. The Balaban J connectivity index is 2.25. The topological polar surface area (TPSA) is 8.81 Å². The summed E-state index contributed by atoms with van der Waals surface area (Å²) in [5, 5.41) is 0. The molecule has 0 aliphatic heterocycles. The fraction of sp³-hybridized carbons (Fsp3) is 0.545. The molecule has 0 spiro atoms. The molecule has 0 saturated carbocycles. The average molecular weight is 474 g/mol. The molecule has 35 heavy (non-hydrogen) atoms. The summed E-state index contributed by atoms with van der Waals surface area (Å²) in [4.78, 5) is 0. The summed E-state index contributed by atoms with van der Waals surface area (Å²) in [6.45, 7) is 28.0. The summed E-state index contributed by atoms with van der Waals surface area (Å²) in [6, 6.07) is 9.40. The predicted molar refractivity (Wildman–Crippen MR) is 152 cm³/mol. The standard InChI is InChI=1S/C33H49N2/c1-20(2)26-13-15-28(32(24(9)10)30(26)22(5)6)34-17-18-35(19-34)29-16-14-27(21(3)4)31(23(7)8)33(29)25(11)12/h13-25H,1-12H3/q+1. The van der Waals surface area contributed by atoms with E-state index in [0.29, 0.717) is 35.5 Å². The Labute approximate surface area is 215 Å². The van der Waals surface area contributed by atoms with Gasteiger partial charge in [0.05, 0.1) is 0 Å². The minimum absolute atomic E-state index is 0.459. The van der Waals surface area contributed by atoms with Crippen LogP contribution in [0.15, 0.2) is 43.0 Å². The average Bonchev–Trinajstić information content (AvgIpc) is 3.26. The number of nitrogens with zero attached hydrogens (tertiary/aromatic N) is 2. The highest BCUT2D eigenvalue weighted by Gasteiger charge is 2.26. The number of aromatic nitrogens is 2. The molecule has 0 aliphatic carbocycles. The van der Waals surface area contributed by atoms with E-state index in [1.54, 1.807) is 0 Å². The zero-order valence-electron chi connectivity index (χ0n) is 24.4. The first kappa shape index (κ1) is 27.2. The van der Waals surface area contributed by atoms with E-state index in [4.69, 9.17) is 0 Å². The van der Waals surface area contributed by atoms with E-state index in [9.17, 15) is 0 Å². The molecule has 3 aromatic rings. The summed E-state index contributed by atoms with van der Waals surface area (Å²) < 4.78 is 4.67. The molecule has 0 unspecified atom stereocenters. The van der Waals surface area contributed by atoms with Crippen LogP contribution in [0.4, 0.5) is 0 Å². The second-order valence-corrected chi connectivity index (χ2v) is 12.2. The minimum atomic E-state index is 0.459. The lowest BCUT2D eigenvalue weighted by atomic mass is 9.82. The Kier molecular flexibility index (Phi) is 8.35. The highest BCUT2D eigenvalue weighted by Crippen LogP contribution is 2.38. The molecule has 0 radical (unpaired) electrons. The molecule has 0 atom stereocenters. The highest BCUT2D eigenvalue weighted by atomic mass is 15.1. The third-order valence-electron chi connectivity index (χ3n) is 7.34. The monoisotopic (exact) mass is 473 g/mol. The van der Waals surface area contributed by atoms with Crippen LogP contribution in [0.25, 0.3) is 11.4 Å². The van der Waals surface area contributed by atoms with Crippen LogP contribution in [0.2, 0.25) is 0 Å². The van der Waals surface area contributed by atoms with Gasteiger partial charge in [-0.3, -0.25) is 0 Å². The molecule has 0 aliphatic rings. The van der Waals surface area contributed by atoms with E-state index in [2.05, 4.69) is 135 Å². The van der Waals surface area contributed by atoms with Crippen molar-refractivity contribution in [2.24, 2.45) is 0 Å². The molecule has 1 heterocycles. The van der Waals surface area contributed by atoms with E-state index in [1.807, 2.05) is 0 Å². The molecule has 190 valence electrons. The molecular weight excluding hydrogens is 424 g/mol. The van der Waals surface area contributed by atoms with Crippen LogP contribution in [0, 0.1) is 0 Å². The SMILES string of the molecule is CC(C)c1ccc(-n2cc[n+](-c3ccc(C(C)C)c(C(C)C)c3C(C)C)c2)c(C(C)C)c1C(C)C. The first-order valence-corrected chi connectivity index (χ1v) is 13.8. The Hall–Kier alpha value is -2.35. The Morgan fingerprint density at radius 1 is 0.514 bits per heavy atom. The number of imidazole rings is 1. The lowest BCUT2D eigenvalue weighted by Crippen LogP contribution is -2.31. The van der Waals surface area contributed by atoms with Crippen LogP contribution in [-0.4, -0.2) is 4.57 Å².